The first-order chi connectivity index (χ1) is 9.40. The molecular formula is C13H10N2O5. The lowest BCUT2D eigenvalue weighted by Crippen LogP contribution is -2.17. The third kappa shape index (κ3) is 2.41. The van der Waals surface area contributed by atoms with Crippen LogP contribution in [0.5, 0.6) is 0 Å². The second kappa shape index (κ2) is 4.96. The summed E-state index contributed by atoms with van der Waals surface area (Å²) in [6.45, 7) is 1.61. The van der Waals surface area contributed by atoms with Gasteiger partial charge in [-0.25, -0.2) is 4.79 Å². The number of H-pyrrole nitrogens is 1. The summed E-state index contributed by atoms with van der Waals surface area (Å²) in [5, 5.41) is 19.6. The van der Waals surface area contributed by atoms with E-state index in [1.807, 2.05) is 0 Å². The Balaban J connectivity index is 2.55. The van der Waals surface area contributed by atoms with Crippen molar-refractivity contribution in [2.24, 2.45) is 0 Å². The van der Waals surface area contributed by atoms with Crippen molar-refractivity contribution in [1.29, 1.82) is 0 Å². The SMILES string of the molecule is Cc1ccc(-c2ccc(C(=O)O)c(=O)[nH]2)cc1[N+](=O)[O-]. The van der Waals surface area contributed by atoms with Crippen molar-refractivity contribution in [2.75, 3.05) is 0 Å². The number of rotatable bonds is 3. The van der Waals surface area contributed by atoms with Gasteiger partial charge in [0.25, 0.3) is 11.2 Å². The Morgan fingerprint density at radius 3 is 2.55 bits per heavy atom. The number of hydrogen-bond acceptors (Lipinski definition) is 4. The summed E-state index contributed by atoms with van der Waals surface area (Å²) in [4.78, 5) is 35.1. The Hall–Kier alpha value is -2.96. The molecule has 0 saturated carbocycles. The van der Waals surface area contributed by atoms with Gasteiger partial charge in [-0.1, -0.05) is 12.1 Å². The minimum absolute atomic E-state index is 0.0642. The quantitative estimate of drug-likeness (QED) is 0.656. The Bertz CT molecular complexity index is 764. The second-order valence-corrected chi connectivity index (χ2v) is 4.18. The molecule has 0 saturated heterocycles. The molecule has 1 heterocycles. The van der Waals surface area contributed by atoms with E-state index >= 15 is 0 Å². The number of aryl methyl sites for hydroxylation is 1. The Morgan fingerprint density at radius 2 is 2.00 bits per heavy atom. The molecule has 2 rings (SSSR count). The zero-order chi connectivity index (χ0) is 14.9. The van der Waals surface area contributed by atoms with Crippen LogP contribution in [-0.2, 0) is 0 Å². The molecule has 0 aliphatic carbocycles. The minimum Gasteiger partial charge on any atom is -0.477 e. The number of nitro groups is 1. The lowest BCUT2D eigenvalue weighted by atomic mass is 10.1. The number of hydrogen-bond donors (Lipinski definition) is 2. The summed E-state index contributed by atoms with van der Waals surface area (Å²) in [6.07, 6.45) is 0. The van der Waals surface area contributed by atoms with E-state index in [-0.39, 0.29) is 11.3 Å². The van der Waals surface area contributed by atoms with E-state index < -0.39 is 16.5 Å². The highest BCUT2D eigenvalue weighted by molar-refractivity contribution is 5.87. The number of aromatic nitrogens is 1. The van der Waals surface area contributed by atoms with Crippen LogP contribution in [0.3, 0.4) is 0 Å². The molecule has 0 bridgehead atoms. The van der Waals surface area contributed by atoms with Gasteiger partial charge in [0.2, 0.25) is 0 Å². The monoisotopic (exact) mass is 274 g/mol. The van der Waals surface area contributed by atoms with Crippen molar-refractivity contribution in [3.63, 3.8) is 0 Å². The number of nitrogens with one attached hydrogen (secondary N) is 1. The summed E-state index contributed by atoms with van der Waals surface area (Å²) in [6, 6.07) is 7.09. The number of carboxylic acids is 1. The van der Waals surface area contributed by atoms with Crippen LogP contribution in [-0.4, -0.2) is 21.0 Å². The average Bonchev–Trinajstić information content (AvgIpc) is 2.38. The molecule has 2 aromatic rings. The molecule has 0 fully saturated rings. The van der Waals surface area contributed by atoms with Crippen LogP contribution in [0.2, 0.25) is 0 Å². The standard InChI is InChI=1S/C13H10N2O5/c1-7-2-3-8(6-11(7)15(19)20)10-5-4-9(13(17)18)12(16)14-10/h2-6H,1H3,(H,14,16)(H,17,18). The van der Waals surface area contributed by atoms with Crippen molar-refractivity contribution in [3.05, 3.63) is 61.9 Å². The lowest BCUT2D eigenvalue weighted by Gasteiger charge is -2.04. The van der Waals surface area contributed by atoms with Crippen molar-refractivity contribution in [2.45, 2.75) is 6.92 Å². The predicted molar refractivity (Wildman–Crippen MR) is 70.8 cm³/mol. The molecule has 0 atom stereocenters. The normalized spacial score (nSPS) is 10.2. The first-order valence-corrected chi connectivity index (χ1v) is 5.62. The van der Waals surface area contributed by atoms with Crippen LogP contribution in [0, 0.1) is 17.0 Å². The number of nitrogens with zero attached hydrogens (tertiary/aromatic N) is 1. The summed E-state index contributed by atoms with van der Waals surface area (Å²) < 4.78 is 0. The van der Waals surface area contributed by atoms with Crippen LogP contribution in [0.1, 0.15) is 15.9 Å². The molecule has 0 radical (unpaired) electrons. The molecule has 1 aromatic carbocycles. The highest BCUT2D eigenvalue weighted by Crippen LogP contribution is 2.25. The number of aromatic amines is 1. The fourth-order valence-corrected chi connectivity index (χ4v) is 1.78. The molecule has 7 heteroatoms. The van der Waals surface area contributed by atoms with E-state index in [0.29, 0.717) is 16.8 Å². The fourth-order valence-electron chi connectivity index (χ4n) is 1.78. The predicted octanol–water partition coefficient (Wildman–Crippen LogP) is 1.96. The maximum Gasteiger partial charge on any atom is 0.341 e. The third-order valence-electron chi connectivity index (χ3n) is 2.86. The summed E-state index contributed by atoms with van der Waals surface area (Å²) in [5.41, 5.74) is 0.0712. The van der Waals surface area contributed by atoms with E-state index in [4.69, 9.17) is 5.11 Å². The lowest BCUT2D eigenvalue weighted by molar-refractivity contribution is -0.385. The third-order valence-corrected chi connectivity index (χ3v) is 2.86. The Morgan fingerprint density at radius 1 is 1.30 bits per heavy atom. The van der Waals surface area contributed by atoms with Crippen molar-refractivity contribution < 1.29 is 14.8 Å². The van der Waals surface area contributed by atoms with E-state index in [1.54, 1.807) is 19.1 Å². The van der Waals surface area contributed by atoms with Gasteiger partial charge in [0.05, 0.1) is 4.92 Å². The molecule has 7 nitrogen and oxygen atoms in total. The first kappa shape index (κ1) is 13.5. The van der Waals surface area contributed by atoms with Crippen LogP contribution in [0.25, 0.3) is 11.3 Å². The number of carboxylic acid groups (broad SMARTS) is 1. The van der Waals surface area contributed by atoms with Gasteiger partial charge in [-0.05, 0) is 19.1 Å². The van der Waals surface area contributed by atoms with Gasteiger partial charge in [0.1, 0.15) is 5.56 Å². The van der Waals surface area contributed by atoms with Crippen molar-refractivity contribution >= 4 is 11.7 Å². The molecule has 0 amide bonds. The van der Waals surface area contributed by atoms with Gasteiger partial charge in [-0.2, -0.15) is 0 Å². The Kier molecular flexibility index (Phi) is 3.34. The Labute approximate surface area is 112 Å². The zero-order valence-electron chi connectivity index (χ0n) is 10.4. The number of aromatic carboxylic acids is 1. The first-order valence-electron chi connectivity index (χ1n) is 5.62. The van der Waals surface area contributed by atoms with Crippen molar-refractivity contribution in [1.82, 2.24) is 4.98 Å². The van der Waals surface area contributed by atoms with E-state index in [2.05, 4.69) is 4.98 Å². The molecule has 0 aliphatic rings. The molecule has 0 aliphatic heterocycles. The number of pyridine rings is 1. The maximum atomic E-state index is 11.6. The number of carbonyl (C=O) groups is 1. The number of nitro benzene ring substituents is 1. The van der Waals surface area contributed by atoms with Crippen molar-refractivity contribution in [3.8, 4) is 11.3 Å². The maximum absolute atomic E-state index is 11.6. The summed E-state index contributed by atoms with van der Waals surface area (Å²) >= 11 is 0. The summed E-state index contributed by atoms with van der Waals surface area (Å²) in [5.74, 6) is -1.33. The van der Waals surface area contributed by atoms with Gasteiger partial charge in [0, 0.05) is 22.9 Å². The fraction of sp³-hybridized carbons (Fsp3) is 0.0769. The molecule has 0 spiro atoms. The summed E-state index contributed by atoms with van der Waals surface area (Å²) in [7, 11) is 0. The van der Waals surface area contributed by atoms with Gasteiger partial charge in [0.15, 0.2) is 0 Å². The molecule has 20 heavy (non-hydrogen) atoms. The van der Waals surface area contributed by atoms with Gasteiger partial charge >= 0.3 is 5.97 Å². The van der Waals surface area contributed by atoms with Crippen LogP contribution in [0.4, 0.5) is 5.69 Å². The van der Waals surface area contributed by atoms with E-state index in [0.717, 1.165) is 0 Å². The highest BCUT2D eigenvalue weighted by atomic mass is 16.6. The molecular weight excluding hydrogens is 264 g/mol. The number of benzene rings is 1. The highest BCUT2D eigenvalue weighted by Gasteiger charge is 2.14. The van der Waals surface area contributed by atoms with Gasteiger partial charge < -0.3 is 10.1 Å². The molecule has 102 valence electrons. The van der Waals surface area contributed by atoms with Crippen LogP contribution >= 0.6 is 0 Å². The van der Waals surface area contributed by atoms with Gasteiger partial charge in [-0.3, -0.25) is 14.9 Å². The minimum atomic E-state index is -1.33. The molecule has 0 unspecified atom stereocenters. The zero-order valence-corrected chi connectivity index (χ0v) is 10.4. The van der Waals surface area contributed by atoms with Gasteiger partial charge in [-0.15, -0.1) is 0 Å². The van der Waals surface area contributed by atoms with E-state index in [1.165, 1.54) is 18.2 Å². The molecule has 1 aromatic heterocycles. The van der Waals surface area contributed by atoms with E-state index in [9.17, 15) is 19.7 Å². The smallest absolute Gasteiger partial charge is 0.341 e. The second-order valence-electron chi connectivity index (χ2n) is 4.18. The van der Waals surface area contributed by atoms with Crippen LogP contribution < -0.4 is 5.56 Å². The average molecular weight is 274 g/mol. The van der Waals surface area contributed by atoms with Crippen LogP contribution in [0.15, 0.2) is 35.1 Å². The topological polar surface area (TPSA) is 113 Å². The molecule has 2 N–H and O–H groups in total. The largest absolute Gasteiger partial charge is 0.477 e.